The number of hydrogen-bond acceptors (Lipinski definition) is 0. The van der Waals surface area contributed by atoms with Crippen molar-refractivity contribution >= 4 is 11.6 Å². The first-order valence-corrected chi connectivity index (χ1v) is 5.55. The molecule has 0 heterocycles. The van der Waals surface area contributed by atoms with Gasteiger partial charge in [0.25, 0.3) is 0 Å². The topological polar surface area (TPSA) is 0 Å². The zero-order valence-corrected chi connectivity index (χ0v) is 9.11. The van der Waals surface area contributed by atoms with Gasteiger partial charge in [-0.25, -0.2) is 0 Å². The summed E-state index contributed by atoms with van der Waals surface area (Å²) < 4.78 is 0. The quantitative estimate of drug-likeness (QED) is 0.313. The largest absolute Gasteiger partial charge is 0.118 e. The summed E-state index contributed by atoms with van der Waals surface area (Å²) in [5, 5.41) is 0.261. The third-order valence-electron chi connectivity index (χ3n) is 1.88. The Hall–Kier alpha value is 0.0300. The lowest BCUT2D eigenvalue weighted by Gasteiger charge is -1.99. The van der Waals surface area contributed by atoms with Crippen LogP contribution in [0.25, 0.3) is 0 Å². The zero-order valence-electron chi connectivity index (χ0n) is 8.35. The predicted molar refractivity (Wildman–Crippen MR) is 57.8 cm³/mol. The molecular weight excluding hydrogens is 168 g/mol. The SMILES string of the molecule is CCCCCC=CC(Cl)CCC. The molecule has 0 spiro atoms. The van der Waals surface area contributed by atoms with Crippen LogP contribution in [0.3, 0.4) is 0 Å². The molecule has 12 heavy (non-hydrogen) atoms. The highest BCUT2D eigenvalue weighted by atomic mass is 35.5. The van der Waals surface area contributed by atoms with Crippen LogP contribution in [-0.2, 0) is 0 Å². The number of unbranched alkanes of at least 4 members (excludes halogenated alkanes) is 3. The summed E-state index contributed by atoms with van der Waals surface area (Å²) in [5.41, 5.74) is 0. The van der Waals surface area contributed by atoms with E-state index in [4.69, 9.17) is 11.6 Å². The normalized spacial score (nSPS) is 13.9. The van der Waals surface area contributed by atoms with Crippen LogP contribution in [0.1, 0.15) is 52.4 Å². The van der Waals surface area contributed by atoms with Gasteiger partial charge in [0.05, 0.1) is 5.38 Å². The second-order valence-electron chi connectivity index (χ2n) is 3.23. The molecule has 0 fully saturated rings. The number of halogens is 1. The Kier molecular flexibility index (Phi) is 9.14. The van der Waals surface area contributed by atoms with E-state index in [0.29, 0.717) is 0 Å². The van der Waals surface area contributed by atoms with Gasteiger partial charge in [0.15, 0.2) is 0 Å². The fraction of sp³-hybridized carbons (Fsp3) is 0.818. The standard InChI is InChI=1S/C11H21Cl/c1-3-5-6-7-8-10-11(12)9-4-2/h8,10-11H,3-7,9H2,1-2H3. The van der Waals surface area contributed by atoms with E-state index in [1.54, 1.807) is 0 Å². The molecule has 0 aromatic carbocycles. The summed E-state index contributed by atoms with van der Waals surface area (Å²) in [5.74, 6) is 0. The zero-order chi connectivity index (χ0) is 9.23. The van der Waals surface area contributed by atoms with E-state index >= 15 is 0 Å². The molecule has 0 amide bonds. The van der Waals surface area contributed by atoms with E-state index in [0.717, 1.165) is 6.42 Å². The van der Waals surface area contributed by atoms with Gasteiger partial charge in [-0.05, 0) is 19.3 Å². The predicted octanol–water partition coefficient (Wildman–Crippen LogP) is 4.53. The van der Waals surface area contributed by atoms with Gasteiger partial charge < -0.3 is 0 Å². The Morgan fingerprint density at radius 1 is 1.17 bits per heavy atom. The van der Waals surface area contributed by atoms with Gasteiger partial charge in [-0.3, -0.25) is 0 Å². The van der Waals surface area contributed by atoms with Crippen molar-refractivity contribution in [3.8, 4) is 0 Å². The molecule has 0 aliphatic rings. The monoisotopic (exact) mass is 188 g/mol. The number of hydrogen-bond donors (Lipinski definition) is 0. The molecular formula is C11H21Cl. The van der Waals surface area contributed by atoms with Crippen molar-refractivity contribution in [1.29, 1.82) is 0 Å². The highest BCUT2D eigenvalue weighted by molar-refractivity contribution is 6.21. The Bertz CT molecular complexity index is 108. The van der Waals surface area contributed by atoms with Gasteiger partial charge in [0, 0.05) is 0 Å². The number of alkyl halides is 1. The van der Waals surface area contributed by atoms with E-state index in [1.165, 1.54) is 32.1 Å². The maximum Gasteiger partial charge on any atom is 0.0515 e. The van der Waals surface area contributed by atoms with Gasteiger partial charge in [0.1, 0.15) is 0 Å². The second kappa shape index (κ2) is 9.12. The molecule has 0 aliphatic heterocycles. The van der Waals surface area contributed by atoms with Crippen LogP contribution in [0.15, 0.2) is 12.2 Å². The van der Waals surface area contributed by atoms with Gasteiger partial charge in [0.2, 0.25) is 0 Å². The van der Waals surface area contributed by atoms with Gasteiger partial charge in [-0.2, -0.15) is 0 Å². The number of rotatable bonds is 7. The molecule has 1 unspecified atom stereocenters. The first-order chi connectivity index (χ1) is 5.81. The lowest BCUT2D eigenvalue weighted by molar-refractivity contribution is 0.726. The van der Waals surface area contributed by atoms with Crippen LogP contribution in [0.2, 0.25) is 0 Å². The van der Waals surface area contributed by atoms with Crippen molar-refractivity contribution in [1.82, 2.24) is 0 Å². The average Bonchev–Trinajstić information content (AvgIpc) is 2.05. The minimum Gasteiger partial charge on any atom is -0.118 e. The Morgan fingerprint density at radius 3 is 2.50 bits per heavy atom. The second-order valence-corrected chi connectivity index (χ2v) is 3.79. The van der Waals surface area contributed by atoms with Crippen molar-refractivity contribution in [2.45, 2.75) is 57.7 Å². The van der Waals surface area contributed by atoms with E-state index < -0.39 is 0 Å². The van der Waals surface area contributed by atoms with E-state index in [9.17, 15) is 0 Å². The average molecular weight is 189 g/mol. The summed E-state index contributed by atoms with van der Waals surface area (Å²) >= 11 is 6.01. The summed E-state index contributed by atoms with van der Waals surface area (Å²) in [6, 6.07) is 0. The van der Waals surface area contributed by atoms with Crippen molar-refractivity contribution in [2.24, 2.45) is 0 Å². The van der Waals surface area contributed by atoms with Crippen molar-refractivity contribution < 1.29 is 0 Å². The molecule has 0 saturated heterocycles. The van der Waals surface area contributed by atoms with Crippen LogP contribution >= 0.6 is 11.6 Å². The Labute approximate surface area is 82.0 Å². The summed E-state index contributed by atoms with van der Waals surface area (Å²) in [4.78, 5) is 0. The molecule has 0 N–H and O–H groups in total. The van der Waals surface area contributed by atoms with Crippen molar-refractivity contribution in [2.75, 3.05) is 0 Å². The third kappa shape index (κ3) is 8.13. The van der Waals surface area contributed by atoms with E-state index in [-0.39, 0.29) is 5.38 Å². The molecule has 72 valence electrons. The molecule has 0 radical (unpaired) electrons. The van der Waals surface area contributed by atoms with Crippen LogP contribution in [0.4, 0.5) is 0 Å². The number of allylic oxidation sites excluding steroid dienone is 2. The highest BCUT2D eigenvalue weighted by Gasteiger charge is 1.94. The molecule has 0 nitrogen and oxygen atoms in total. The fourth-order valence-corrected chi connectivity index (χ4v) is 1.45. The van der Waals surface area contributed by atoms with E-state index in [2.05, 4.69) is 26.0 Å². The third-order valence-corrected chi connectivity index (χ3v) is 2.25. The van der Waals surface area contributed by atoms with E-state index in [1.807, 2.05) is 0 Å². The highest BCUT2D eigenvalue weighted by Crippen LogP contribution is 2.08. The van der Waals surface area contributed by atoms with Crippen LogP contribution in [0.5, 0.6) is 0 Å². The lowest BCUT2D eigenvalue weighted by Crippen LogP contribution is -1.90. The van der Waals surface area contributed by atoms with Crippen LogP contribution in [-0.4, -0.2) is 5.38 Å². The molecule has 0 aromatic rings. The fourth-order valence-electron chi connectivity index (χ4n) is 1.13. The van der Waals surface area contributed by atoms with Gasteiger partial charge >= 0.3 is 0 Å². The van der Waals surface area contributed by atoms with Crippen molar-refractivity contribution in [3.05, 3.63) is 12.2 Å². The molecule has 0 rings (SSSR count). The minimum absolute atomic E-state index is 0.261. The maximum atomic E-state index is 6.01. The Morgan fingerprint density at radius 2 is 1.92 bits per heavy atom. The first-order valence-electron chi connectivity index (χ1n) is 5.12. The summed E-state index contributed by atoms with van der Waals surface area (Å²) in [7, 11) is 0. The maximum absolute atomic E-state index is 6.01. The smallest absolute Gasteiger partial charge is 0.0515 e. The van der Waals surface area contributed by atoms with Gasteiger partial charge in [-0.15, -0.1) is 11.6 Å². The Balaban J connectivity index is 3.22. The summed E-state index contributed by atoms with van der Waals surface area (Å²) in [6.45, 7) is 4.39. The molecule has 0 aliphatic carbocycles. The molecule has 1 heteroatoms. The minimum atomic E-state index is 0.261. The summed E-state index contributed by atoms with van der Waals surface area (Å²) in [6.07, 6.45) is 11.8. The van der Waals surface area contributed by atoms with Crippen LogP contribution in [0, 0.1) is 0 Å². The van der Waals surface area contributed by atoms with Crippen LogP contribution < -0.4 is 0 Å². The molecule has 1 atom stereocenters. The molecule has 0 aromatic heterocycles. The van der Waals surface area contributed by atoms with Gasteiger partial charge in [-0.1, -0.05) is 45.3 Å². The molecule has 0 bridgehead atoms. The first kappa shape index (κ1) is 12.0. The van der Waals surface area contributed by atoms with Crippen molar-refractivity contribution in [3.63, 3.8) is 0 Å². The lowest BCUT2D eigenvalue weighted by atomic mass is 10.1. The molecule has 0 saturated carbocycles.